The molecule has 2 aliphatic heterocycles. The Labute approximate surface area is 393 Å². The van der Waals surface area contributed by atoms with Crippen molar-refractivity contribution in [1.82, 2.24) is 19.9 Å². The van der Waals surface area contributed by atoms with E-state index in [1.807, 2.05) is 0 Å². The molecule has 2 aliphatic rings. The van der Waals surface area contributed by atoms with Crippen molar-refractivity contribution >= 4 is 54.4 Å². The largest absolute Gasteiger partial charge is 0.354 e. The smallest absolute Gasteiger partial charge is 0.129 e. The highest BCUT2D eigenvalue weighted by molar-refractivity contribution is 6.83. The predicted octanol–water partition coefficient (Wildman–Crippen LogP) is 16.4. The minimum Gasteiger partial charge on any atom is -0.354 e. The molecule has 0 atom stereocenters. The van der Waals surface area contributed by atoms with Gasteiger partial charge in [-0.25, -0.2) is 9.97 Å². The molecule has 9 rings (SSSR count). The molecule has 0 amide bonds. The van der Waals surface area contributed by atoms with Crippen LogP contribution < -0.4 is 0 Å². The molecule has 66 heavy (non-hydrogen) atoms. The Morgan fingerprint density at radius 3 is 0.864 bits per heavy atom. The molecule has 0 unspecified atom stereocenters. The number of H-pyrrole nitrogens is 2. The van der Waals surface area contributed by atoms with Gasteiger partial charge < -0.3 is 9.97 Å². The average molecular weight is 879 g/mol. The van der Waals surface area contributed by atoms with Crippen LogP contribution in [0.5, 0.6) is 0 Å². The summed E-state index contributed by atoms with van der Waals surface area (Å²) in [7, 11) is -1.55. The molecule has 3 aromatic heterocycles. The normalized spacial score (nSPS) is 12.9. The molecule has 0 spiro atoms. The molecule has 0 aliphatic carbocycles. The molecule has 5 heteroatoms. The molecule has 5 heterocycles. The summed E-state index contributed by atoms with van der Waals surface area (Å²) in [5, 5.41) is 0. The van der Waals surface area contributed by atoms with E-state index in [1.165, 1.54) is 16.7 Å². The van der Waals surface area contributed by atoms with Crippen LogP contribution in [-0.2, 0) is 16.2 Å². The summed E-state index contributed by atoms with van der Waals surface area (Å²) in [4.78, 5) is 19.0. The van der Waals surface area contributed by atoms with Gasteiger partial charge in [-0.1, -0.05) is 173 Å². The van der Waals surface area contributed by atoms with Crippen molar-refractivity contribution < 1.29 is 0 Å². The average Bonchev–Trinajstić information content (AvgIpc) is 4.11. The lowest BCUT2D eigenvalue weighted by atomic mass is 9.86. The van der Waals surface area contributed by atoms with Gasteiger partial charge in [0.1, 0.15) is 8.07 Å². The lowest BCUT2D eigenvalue weighted by molar-refractivity contribution is 0.590. The molecule has 2 N–H and O–H groups in total. The van der Waals surface area contributed by atoms with Gasteiger partial charge in [-0.3, -0.25) is 0 Å². The number of hydrogen-bond donors (Lipinski definition) is 2. The highest BCUT2D eigenvalue weighted by Crippen LogP contribution is 2.40. The Morgan fingerprint density at radius 1 is 0.364 bits per heavy atom. The topological polar surface area (TPSA) is 57.4 Å². The van der Waals surface area contributed by atoms with Gasteiger partial charge >= 0.3 is 0 Å². The first kappa shape index (κ1) is 44.5. The zero-order valence-electron chi connectivity index (χ0n) is 40.8. The van der Waals surface area contributed by atoms with Crippen LogP contribution in [0.4, 0.5) is 0 Å². The van der Waals surface area contributed by atoms with E-state index in [1.54, 1.807) is 0 Å². The second-order valence-electron chi connectivity index (χ2n) is 22.1. The summed E-state index contributed by atoms with van der Waals surface area (Å²) in [5.74, 6) is 3.45. The fourth-order valence-corrected chi connectivity index (χ4v) is 9.33. The SMILES string of the molecule is CC(C)(C)c1ccc(-c2c3nc(c(-c4ccc(C(C)(C)C)cc4)c4ccc([nH]4)c(-c4ccc(C(C)(C)C)cc4)c4nc(c(-c5ccc(C#C[Si](C)(C)C)cc5)c5ccc2[nH]5)C=C4)C=C3)cc1. The van der Waals surface area contributed by atoms with E-state index in [0.717, 1.165) is 94.9 Å². The molecule has 330 valence electrons. The molecular formula is C61H62N4Si. The van der Waals surface area contributed by atoms with Gasteiger partial charge in [0.05, 0.1) is 22.8 Å². The quantitative estimate of drug-likeness (QED) is 0.137. The van der Waals surface area contributed by atoms with Crippen LogP contribution >= 0.6 is 0 Å². The number of rotatable bonds is 4. The standard InChI is InChI=1S/C61H62N4Si/c1-59(2,3)44-23-17-41(18-24-44)56-49-31-29-47(62-49)55(40-15-13-39(14-16-40)37-38-66(10,11)12)48-30-32-50(63-48)57(42-19-25-45(26-20-42)60(4,5)6)52-34-36-54(65-52)58(53-35-33-51(56)64-53)43-21-27-46(28-22-43)61(7,8)9/h13-36,62,65H,1-12H3. The lowest BCUT2D eigenvalue weighted by Gasteiger charge is -2.19. The van der Waals surface area contributed by atoms with E-state index < -0.39 is 8.07 Å². The van der Waals surface area contributed by atoms with E-state index in [2.05, 4.69) is 249 Å². The molecule has 0 saturated carbocycles. The first-order chi connectivity index (χ1) is 31.2. The number of nitrogens with zero attached hydrogens (tertiary/aromatic N) is 2. The van der Waals surface area contributed by atoms with E-state index >= 15 is 0 Å². The maximum Gasteiger partial charge on any atom is 0.129 e. The number of hydrogen-bond acceptors (Lipinski definition) is 2. The van der Waals surface area contributed by atoms with Crippen LogP contribution in [0.2, 0.25) is 19.6 Å². The lowest BCUT2D eigenvalue weighted by Crippen LogP contribution is -2.16. The van der Waals surface area contributed by atoms with Gasteiger partial charge in [-0.05, 0) is 116 Å². The first-order valence-electron chi connectivity index (χ1n) is 23.3. The minimum atomic E-state index is -1.55. The monoisotopic (exact) mass is 878 g/mol. The van der Waals surface area contributed by atoms with Crippen LogP contribution in [0.3, 0.4) is 0 Å². The van der Waals surface area contributed by atoms with E-state index in [-0.39, 0.29) is 16.2 Å². The second-order valence-corrected chi connectivity index (χ2v) is 26.8. The van der Waals surface area contributed by atoms with Crippen molar-refractivity contribution in [2.75, 3.05) is 0 Å². The summed E-state index contributed by atoms with van der Waals surface area (Å²) in [6.45, 7) is 27.2. The molecular weight excluding hydrogens is 817 g/mol. The van der Waals surface area contributed by atoms with Gasteiger partial charge in [0.2, 0.25) is 0 Å². The van der Waals surface area contributed by atoms with Crippen LogP contribution in [0.25, 0.3) is 90.9 Å². The van der Waals surface area contributed by atoms with Crippen LogP contribution in [0, 0.1) is 11.5 Å². The number of benzene rings is 4. The molecule has 4 nitrogen and oxygen atoms in total. The summed E-state index contributed by atoms with van der Waals surface area (Å²) in [6, 6.07) is 44.5. The number of fused-ring (bicyclic) bond motifs is 8. The maximum atomic E-state index is 5.56. The van der Waals surface area contributed by atoms with Gasteiger partial charge in [0.15, 0.2) is 0 Å². The number of aromatic nitrogens is 4. The minimum absolute atomic E-state index is 0.0224. The van der Waals surface area contributed by atoms with Gasteiger partial charge in [-0.2, -0.15) is 0 Å². The highest BCUT2D eigenvalue weighted by Gasteiger charge is 2.22. The third kappa shape index (κ3) is 9.08. The van der Waals surface area contributed by atoms with Gasteiger partial charge in [-0.15, -0.1) is 5.54 Å². The molecule has 7 aromatic rings. The fourth-order valence-electron chi connectivity index (χ4n) is 8.81. The summed E-state index contributed by atoms with van der Waals surface area (Å²) >= 11 is 0. The Kier molecular flexibility index (Phi) is 11.2. The second kappa shape index (κ2) is 16.6. The fraction of sp³-hybridized carbons (Fsp3) is 0.246. The predicted molar refractivity (Wildman–Crippen MR) is 287 cm³/mol. The molecule has 0 fully saturated rings. The molecule has 0 radical (unpaired) electrons. The maximum absolute atomic E-state index is 5.56. The van der Waals surface area contributed by atoms with Crippen LogP contribution in [0.1, 0.15) is 107 Å². The third-order valence-corrected chi connectivity index (χ3v) is 13.5. The number of nitrogens with one attached hydrogen (secondary N) is 2. The van der Waals surface area contributed by atoms with Crippen molar-refractivity contribution in [2.24, 2.45) is 0 Å². The van der Waals surface area contributed by atoms with Crippen LogP contribution in [-0.4, -0.2) is 28.0 Å². The summed E-state index contributed by atoms with van der Waals surface area (Å²) in [6.07, 6.45) is 8.70. The van der Waals surface area contributed by atoms with Crippen molar-refractivity contribution in [3.63, 3.8) is 0 Å². The van der Waals surface area contributed by atoms with Crippen molar-refractivity contribution in [1.29, 1.82) is 0 Å². The Hall–Kier alpha value is -6.74. The summed E-state index contributed by atoms with van der Waals surface area (Å²) in [5.41, 5.74) is 24.5. The molecule has 4 aromatic carbocycles. The van der Waals surface area contributed by atoms with E-state index in [0.29, 0.717) is 0 Å². The Morgan fingerprint density at radius 2 is 0.621 bits per heavy atom. The third-order valence-electron chi connectivity index (χ3n) is 12.6. The molecule has 0 saturated heterocycles. The van der Waals surface area contributed by atoms with Crippen LogP contribution in [0.15, 0.2) is 121 Å². The van der Waals surface area contributed by atoms with E-state index in [9.17, 15) is 0 Å². The zero-order chi connectivity index (χ0) is 46.8. The summed E-state index contributed by atoms with van der Waals surface area (Å²) < 4.78 is 0. The highest BCUT2D eigenvalue weighted by atomic mass is 28.3. The molecule has 8 bridgehead atoms. The van der Waals surface area contributed by atoms with Crippen molar-refractivity contribution in [2.45, 2.75) is 98.2 Å². The van der Waals surface area contributed by atoms with Gasteiger partial charge in [0, 0.05) is 49.9 Å². The zero-order valence-corrected chi connectivity index (χ0v) is 41.8. The van der Waals surface area contributed by atoms with E-state index in [4.69, 9.17) is 9.97 Å². The first-order valence-corrected chi connectivity index (χ1v) is 26.8. The number of aromatic amines is 2. The van der Waals surface area contributed by atoms with Crippen molar-refractivity contribution in [3.05, 3.63) is 166 Å². The van der Waals surface area contributed by atoms with Gasteiger partial charge in [0.25, 0.3) is 0 Å². The Bertz CT molecular complexity index is 3220. The Balaban J connectivity index is 1.40. The van der Waals surface area contributed by atoms with Crippen molar-refractivity contribution in [3.8, 4) is 56.0 Å².